The second-order valence-electron chi connectivity index (χ2n) is 16.5. The first kappa shape index (κ1) is 50.7. The lowest BCUT2D eigenvalue weighted by molar-refractivity contribution is -0.139. The highest BCUT2D eigenvalue weighted by Crippen LogP contribution is 2.42. The summed E-state index contributed by atoms with van der Waals surface area (Å²) >= 11 is 0. The van der Waals surface area contributed by atoms with E-state index in [9.17, 15) is 48.2 Å². The predicted molar refractivity (Wildman–Crippen MR) is 225 cm³/mol. The lowest BCUT2D eigenvalue weighted by atomic mass is 9.98. The molecular formula is C41H65N8O11P. The van der Waals surface area contributed by atoms with Crippen molar-refractivity contribution in [1.82, 2.24) is 35.7 Å². The average Bonchev–Trinajstić information content (AvgIpc) is 3.85. The van der Waals surface area contributed by atoms with Gasteiger partial charge in [-0.05, 0) is 63.9 Å². The molecule has 6 amide bonds. The largest absolute Gasteiger partial charge is 0.470 e. The van der Waals surface area contributed by atoms with Crippen LogP contribution in [0.5, 0.6) is 0 Å². The first-order chi connectivity index (χ1) is 28.7. The number of nitrogens with two attached hydrogens (primary N) is 1. The van der Waals surface area contributed by atoms with Gasteiger partial charge in [0.1, 0.15) is 35.8 Å². The van der Waals surface area contributed by atoms with E-state index in [4.69, 9.17) is 10.3 Å². The van der Waals surface area contributed by atoms with Gasteiger partial charge in [-0.1, -0.05) is 69.9 Å². The number of nitrogens with one attached hydrogen (secondary N) is 4. The van der Waals surface area contributed by atoms with E-state index < -0.39 is 79.8 Å². The highest BCUT2D eigenvalue weighted by molar-refractivity contribution is 7.46. The van der Waals surface area contributed by atoms with Crippen LogP contribution in [0.3, 0.4) is 0 Å². The van der Waals surface area contributed by atoms with E-state index in [0.29, 0.717) is 31.6 Å². The maximum Gasteiger partial charge on any atom is 0.470 e. The summed E-state index contributed by atoms with van der Waals surface area (Å²) < 4.78 is 18.1. The SMILES string of the molecule is CC(=O)N1CCC[C@H]1C(=O)N[C@H](CC(C)C)C(=O)N[C@H](Cc1cncn1CCCCCCCCc1ccccc1)C(=O)N[C@@H](CO)C(=O)N[C@@H](C(N)=O)C(C)(C)OP(=O)(O)O. The zero-order valence-electron chi connectivity index (χ0n) is 35.9. The fourth-order valence-electron chi connectivity index (χ4n) is 7.42. The number of carbonyl (C=O) groups is 6. The molecule has 1 saturated heterocycles. The molecule has 19 nitrogen and oxygen atoms in total. The zero-order chi connectivity index (χ0) is 45.3. The molecule has 3 rings (SSSR count). The van der Waals surface area contributed by atoms with Gasteiger partial charge in [-0.3, -0.25) is 33.3 Å². The molecule has 1 fully saturated rings. The quantitative estimate of drug-likeness (QED) is 0.0492. The molecule has 0 unspecified atom stereocenters. The van der Waals surface area contributed by atoms with Crippen LogP contribution in [-0.4, -0.2) is 114 Å². The van der Waals surface area contributed by atoms with Crippen molar-refractivity contribution in [3.8, 4) is 0 Å². The van der Waals surface area contributed by atoms with Crippen molar-refractivity contribution in [3.63, 3.8) is 0 Å². The van der Waals surface area contributed by atoms with E-state index in [2.05, 4.69) is 38.4 Å². The summed E-state index contributed by atoms with van der Waals surface area (Å²) in [6.07, 6.45) is 11.5. The number of amides is 6. The monoisotopic (exact) mass is 876 g/mol. The van der Waals surface area contributed by atoms with Gasteiger partial charge in [-0.15, -0.1) is 0 Å². The van der Waals surface area contributed by atoms with Gasteiger partial charge < -0.3 is 51.4 Å². The molecule has 2 heterocycles. The number of hydrogen-bond donors (Lipinski definition) is 8. The maximum atomic E-state index is 14.1. The number of aliphatic hydroxyl groups excluding tert-OH is 1. The van der Waals surface area contributed by atoms with Crippen molar-refractivity contribution in [2.45, 2.75) is 148 Å². The number of carbonyl (C=O) groups excluding carboxylic acids is 6. The lowest BCUT2D eigenvalue weighted by Gasteiger charge is -2.33. The fourth-order valence-corrected chi connectivity index (χ4v) is 8.13. The summed E-state index contributed by atoms with van der Waals surface area (Å²) in [7, 11) is -5.17. The standard InChI is InChI=1S/C41H65N8O11P/c1-27(2)22-31(45-40(56)34-19-15-21-49(34)28(3)51)37(53)44-32(38(54)46-33(25-50)39(55)47-35(36(42)52)41(4,5)60-61(57,58)59)23-30-24-43-26-48(30)20-14-9-7-6-8-11-16-29-17-12-10-13-18-29/h10,12-13,17-18,24,26-27,31-35,50H,6-9,11,14-16,19-23,25H2,1-5H3,(H2,42,52)(H,44,53)(H,45,56)(H,46,54)(H,47,55)(H2,57,58,59)/t31-,32-,33+,34+,35+/m1/s1. The summed E-state index contributed by atoms with van der Waals surface area (Å²) in [5.41, 5.74) is 5.30. The van der Waals surface area contributed by atoms with Crippen LogP contribution in [0.2, 0.25) is 0 Å². The molecule has 0 aliphatic carbocycles. The van der Waals surface area contributed by atoms with E-state index in [1.165, 1.54) is 17.4 Å². The lowest BCUT2D eigenvalue weighted by Crippen LogP contribution is -2.63. The van der Waals surface area contributed by atoms with E-state index in [0.717, 1.165) is 58.8 Å². The number of likely N-dealkylation sites (tertiary alicyclic amines) is 1. The van der Waals surface area contributed by atoms with Crippen molar-refractivity contribution >= 4 is 43.3 Å². The molecule has 20 heteroatoms. The number of aliphatic hydroxyl groups is 1. The van der Waals surface area contributed by atoms with Crippen LogP contribution in [0.4, 0.5) is 0 Å². The van der Waals surface area contributed by atoms with Crippen LogP contribution in [0.15, 0.2) is 42.9 Å². The molecular weight excluding hydrogens is 811 g/mol. The van der Waals surface area contributed by atoms with E-state index in [1.54, 1.807) is 12.5 Å². The van der Waals surface area contributed by atoms with Crippen molar-refractivity contribution < 1.29 is 52.7 Å². The minimum Gasteiger partial charge on any atom is -0.394 e. The van der Waals surface area contributed by atoms with Crippen molar-refractivity contribution in [3.05, 3.63) is 54.1 Å². The molecule has 2 aromatic rings. The van der Waals surface area contributed by atoms with Crippen LogP contribution in [0, 0.1) is 5.92 Å². The Labute approximate surface area is 357 Å². The summed E-state index contributed by atoms with van der Waals surface area (Å²) in [6.45, 7) is 7.28. The van der Waals surface area contributed by atoms with Gasteiger partial charge in [-0.25, -0.2) is 9.55 Å². The summed E-state index contributed by atoms with van der Waals surface area (Å²) in [5.74, 6) is -4.84. The second-order valence-corrected chi connectivity index (χ2v) is 17.7. The molecule has 9 N–H and O–H groups in total. The van der Waals surface area contributed by atoms with Crippen molar-refractivity contribution in [2.24, 2.45) is 11.7 Å². The van der Waals surface area contributed by atoms with Gasteiger partial charge in [0.25, 0.3) is 0 Å². The third-order valence-corrected chi connectivity index (χ3v) is 11.2. The van der Waals surface area contributed by atoms with Crippen LogP contribution >= 0.6 is 7.82 Å². The number of aryl methyl sites for hydroxylation is 2. The van der Waals surface area contributed by atoms with E-state index in [1.807, 2.05) is 36.6 Å². The maximum absolute atomic E-state index is 14.1. The third kappa shape index (κ3) is 17.0. The van der Waals surface area contributed by atoms with Crippen molar-refractivity contribution in [2.75, 3.05) is 13.2 Å². The van der Waals surface area contributed by atoms with Gasteiger partial charge in [0.2, 0.25) is 35.4 Å². The Bertz CT molecular complexity index is 1820. The molecule has 61 heavy (non-hydrogen) atoms. The highest BCUT2D eigenvalue weighted by Gasteiger charge is 2.42. The Morgan fingerprint density at radius 2 is 1.51 bits per heavy atom. The van der Waals surface area contributed by atoms with E-state index >= 15 is 0 Å². The normalized spacial score (nSPS) is 16.3. The summed E-state index contributed by atoms with van der Waals surface area (Å²) in [5, 5.41) is 20.3. The summed E-state index contributed by atoms with van der Waals surface area (Å²) in [6, 6.07) is 3.55. The topological polar surface area (TPSA) is 285 Å². The molecule has 0 bridgehead atoms. The molecule has 0 saturated carbocycles. The van der Waals surface area contributed by atoms with Gasteiger partial charge in [0.05, 0.1) is 12.9 Å². The molecule has 1 aromatic heterocycles. The Morgan fingerprint density at radius 1 is 0.902 bits per heavy atom. The van der Waals surface area contributed by atoms with Gasteiger partial charge >= 0.3 is 7.82 Å². The molecule has 1 aliphatic rings. The van der Waals surface area contributed by atoms with Crippen LogP contribution in [0.25, 0.3) is 0 Å². The number of primary amides is 1. The number of imidazole rings is 1. The fraction of sp³-hybridized carbons (Fsp3) is 0.634. The van der Waals surface area contributed by atoms with Gasteiger partial charge in [0.15, 0.2) is 0 Å². The number of aromatic nitrogens is 2. The molecule has 5 atom stereocenters. The Morgan fingerprint density at radius 3 is 2.11 bits per heavy atom. The molecule has 0 radical (unpaired) electrons. The van der Waals surface area contributed by atoms with Crippen molar-refractivity contribution in [1.29, 1.82) is 0 Å². The minimum atomic E-state index is -5.17. The third-order valence-electron chi connectivity index (χ3n) is 10.5. The number of phosphoric ester groups is 1. The number of phosphoric acid groups is 1. The minimum absolute atomic E-state index is 0.0828. The molecule has 0 spiro atoms. The van der Waals surface area contributed by atoms with Crippen LogP contribution in [-0.2, 0) is 57.2 Å². The first-order valence-electron chi connectivity index (χ1n) is 20.9. The average molecular weight is 877 g/mol. The Balaban J connectivity index is 1.78. The number of unbranched alkanes of at least 4 members (excludes halogenated alkanes) is 5. The number of rotatable bonds is 26. The Hall–Kier alpha value is -4.68. The smallest absolute Gasteiger partial charge is 0.394 e. The zero-order valence-corrected chi connectivity index (χ0v) is 36.8. The van der Waals surface area contributed by atoms with Gasteiger partial charge in [-0.2, -0.15) is 0 Å². The number of hydrogen-bond acceptors (Lipinski definition) is 10. The summed E-state index contributed by atoms with van der Waals surface area (Å²) in [4.78, 5) is 104. The molecule has 340 valence electrons. The van der Waals surface area contributed by atoms with Crippen LogP contribution in [0.1, 0.15) is 104 Å². The first-order valence-corrected chi connectivity index (χ1v) is 22.4. The number of nitrogens with zero attached hydrogens (tertiary/aromatic N) is 3. The molecule has 1 aromatic carbocycles. The van der Waals surface area contributed by atoms with E-state index in [-0.39, 0.29) is 24.7 Å². The van der Waals surface area contributed by atoms with Gasteiger partial charge in [0, 0.05) is 38.3 Å². The predicted octanol–water partition coefficient (Wildman–Crippen LogP) is 1.37. The Kier molecular flexibility index (Phi) is 20.0. The molecule has 1 aliphatic heterocycles. The highest BCUT2D eigenvalue weighted by atomic mass is 31.2. The second kappa shape index (κ2) is 24.1. The van der Waals surface area contributed by atoms with Crippen LogP contribution < -0.4 is 27.0 Å². The number of benzene rings is 1.